The highest BCUT2D eigenvalue weighted by Gasteiger charge is 2.05. The number of ether oxygens (including phenoxy) is 2. The molecule has 1 N–H and O–H groups in total. The van der Waals surface area contributed by atoms with Gasteiger partial charge in [0.25, 0.3) is 0 Å². The van der Waals surface area contributed by atoms with Crippen LogP contribution in [0.5, 0.6) is 11.5 Å². The van der Waals surface area contributed by atoms with Crippen LogP contribution in [0.4, 0.5) is 0 Å². The summed E-state index contributed by atoms with van der Waals surface area (Å²) in [5, 5.41) is 4.86. The van der Waals surface area contributed by atoms with Crippen molar-refractivity contribution in [1.29, 1.82) is 0 Å². The van der Waals surface area contributed by atoms with Gasteiger partial charge in [-0.1, -0.05) is 29.8 Å². The maximum Gasteiger partial charge on any atom is 0.161 e. The molecular weight excluding hydrogens is 352 g/mol. The lowest BCUT2D eigenvalue weighted by Gasteiger charge is -2.09. The SMILES string of the molecule is COc1ccc(CN/N=C\c2ccc(-c3cccc(Cl)c3)o2)cc1OC. The number of rotatable bonds is 7. The fourth-order valence-corrected chi connectivity index (χ4v) is 2.65. The van der Waals surface area contributed by atoms with Crippen LogP contribution in [0, 0.1) is 0 Å². The molecule has 0 radical (unpaired) electrons. The summed E-state index contributed by atoms with van der Waals surface area (Å²) in [6.07, 6.45) is 1.63. The molecule has 6 heteroatoms. The van der Waals surface area contributed by atoms with Crippen LogP contribution in [0.15, 0.2) is 64.1 Å². The Labute approximate surface area is 157 Å². The van der Waals surface area contributed by atoms with E-state index >= 15 is 0 Å². The summed E-state index contributed by atoms with van der Waals surface area (Å²) in [7, 11) is 3.22. The summed E-state index contributed by atoms with van der Waals surface area (Å²) in [5.74, 6) is 2.78. The Morgan fingerprint density at radius 2 is 1.88 bits per heavy atom. The zero-order valence-corrected chi connectivity index (χ0v) is 15.3. The van der Waals surface area contributed by atoms with Gasteiger partial charge in [0.2, 0.25) is 0 Å². The van der Waals surface area contributed by atoms with E-state index in [1.165, 1.54) is 0 Å². The summed E-state index contributed by atoms with van der Waals surface area (Å²) in [6, 6.07) is 17.0. The molecule has 0 unspecified atom stereocenters. The van der Waals surface area contributed by atoms with Crippen molar-refractivity contribution in [2.24, 2.45) is 5.10 Å². The van der Waals surface area contributed by atoms with E-state index in [-0.39, 0.29) is 0 Å². The molecule has 0 aliphatic carbocycles. The van der Waals surface area contributed by atoms with Crippen molar-refractivity contribution in [1.82, 2.24) is 5.43 Å². The summed E-state index contributed by atoms with van der Waals surface area (Å²) in [6.45, 7) is 0.554. The molecule has 0 aliphatic rings. The first-order chi connectivity index (χ1) is 12.7. The maximum atomic E-state index is 6.01. The lowest BCUT2D eigenvalue weighted by molar-refractivity contribution is 0.354. The Morgan fingerprint density at radius 3 is 2.65 bits per heavy atom. The second-order valence-corrected chi connectivity index (χ2v) is 5.93. The van der Waals surface area contributed by atoms with Gasteiger partial charge in [-0.15, -0.1) is 0 Å². The number of halogens is 1. The third-order valence-electron chi connectivity index (χ3n) is 3.75. The fourth-order valence-electron chi connectivity index (χ4n) is 2.46. The van der Waals surface area contributed by atoms with Crippen molar-refractivity contribution in [3.8, 4) is 22.8 Å². The molecule has 0 aliphatic heterocycles. The lowest BCUT2D eigenvalue weighted by Crippen LogP contribution is -2.05. The molecule has 0 atom stereocenters. The first kappa shape index (κ1) is 17.9. The molecule has 0 bridgehead atoms. The van der Waals surface area contributed by atoms with E-state index in [9.17, 15) is 0 Å². The largest absolute Gasteiger partial charge is 0.493 e. The van der Waals surface area contributed by atoms with Gasteiger partial charge in [0, 0.05) is 10.6 Å². The van der Waals surface area contributed by atoms with E-state index in [4.69, 9.17) is 25.5 Å². The highest BCUT2D eigenvalue weighted by Crippen LogP contribution is 2.27. The van der Waals surface area contributed by atoms with Gasteiger partial charge in [-0.3, -0.25) is 0 Å². The molecule has 0 spiro atoms. The third-order valence-corrected chi connectivity index (χ3v) is 3.99. The van der Waals surface area contributed by atoms with Crippen molar-refractivity contribution in [3.05, 3.63) is 70.9 Å². The van der Waals surface area contributed by atoms with Crippen molar-refractivity contribution in [2.45, 2.75) is 6.54 Å². The molecule has 0 saturated heterocycles. The zero-order chi connectivity index (χ0) is 18.4. The van der Waals surface area contributed by atoms with Crippen molar-refractivity contribution < 1.29 is 13.9 Å². The van der Waals surface area contributed by atoms with Crippen LogP contribution in [0.3, 0.4) is 0 Å². The van der Waals surface area contributed by atoms with E-state index in [2.05, 4.69) is 10.5 Å². The first-order valence-corrected chi connectivity index (χ1v) is 8.40. The highest BCUT2D eigenvalue weighted by atomic mass is 35.5. The van der Waals surface area contributed by atoms with E-state index in [0.717, 1.165) is 16.9 Å². The smallest absolute Gasteiger partial charge is 0.161 e. The number of furan rings is 1. The van der Waals surface area contributed by atoms with Gasteiger partial charge in [0.15, 0.2) is 11.5 Å². The molecule has 134 valence electrons. The molecular formula is C20H19ClN2O3. The van der Waals surface area contributed by atoms with Crippen LogP contribution in [0.2, 0.25) is 5.02 Å². The molecule has 0 saturated carbocycles. The summed E-state index contributed by atoms with van der Waals surface area (Å²) >= 11 is 6.01. The molecule has 5 nitrogen and oxygen atoms in total. The lowest BCUT2D eigenvalue weighted by atomic mass is 10.2. The molecule has 2 aromatic carbocycles. The van der Waals surface area contributed by atoms with Crippen molar-refractivity contribution in [2.75, 3.05) is 14.2 Å². The molecule has 26 heavy (non-hydrogen) atoms. The Kier molecular flexibility index (Phi) is 5.81. The Hall–Kier alpha value is -2.92. The summed E-state index contributed by atoms with van der Waals surface area (Å²) in [4.78, 5) is 0. The minimum atomic E-state index is 0.554. The zero-order valence-electron chi connectivity index (χ0n) is 14.5. The molecule has 3 aromatic rings. The van der Waals surface area contributed by atoms with Crippen LogP contribution in [0.1, 0.15) is 11.3 Å². The number of hydrazone groups is 1. The summed E-state index contributed by atoms with van der Waals surface area (Å²) in [5.41, 5.74) is 4.94. The van der Waals surface area contributed by atoms with Crippen LogP contribution >= 0.6 is 11.6 Å². The summed E-state index contributed by atoms with van der Waals surface area (Å²) < 4.78 is 16.3. The van der Waals surface area contributed by atoms with Crippen LogP contribution in [0.25, 0.3) is 11.3 Å². The number of methoxy groups -OCH3 is 2. The van der Waals surface area contributed by atoms with Gasteiger partial charge in [-0.05, 0) is 42.0 Å². The highest BCUT2D eigenvalue weighted by molar-refractivity contribution is 6.30. The van der Waals surface area contributed by atoms with Crippen molar-refractivity contribution in [3.63, 3.8) is 0 Å². The van der Waals surface area contributed by atoms with E-state index in [1.54, 1.807) is 20.4 Å². The Balaban J connectivity index is 1.59. The quantitative estimate of drug-likeness (QED) is 0.482. The molecule has 0 amide bonds. The van der Waals surface area contributed by atoms with Gasteiger partial charge in [0.1, 0.15) is 11.5 Å². The van der Waals surface area contributed by atoms with Gasteiger partial charge in [-0.25, -0.2) is 0 Å². The molecule has 1 aromatic heterocycles. The Morgan fingerprint density at radius 1 is 1.04 bits per heavy atom. The second-order valence-electron chi connectivity index (χ2n) is 5.49. The van der Waals surface area contributed by atoms with Crippen LogP contribution in [-0.4, -0.2) is 20.4 Å². The number of nitrogens with one attached hydrogen (secondary N) is 1. The predicted octanol–water partition coefficient (Wildman–Crippen LogP) is 4.74. The Bertz CT molecular complexity index is 906. The van der Waals surface area contributed by atoms with Crippen LogP contribution in [-0.2, 0) is 6.54 Å². The fraction of sp³-hybridized carbons (Fsp3) is 0.150. The van der Waals surface area contributed by atoms with Gasteiger partial charge < -0.3 is 19.3 Å². The topological polar surface area (TPSA) is 56.0 Å². The third kappa shape index (κ3) is 4.37. The maximum absolute atomic E-state index is 6.01. The normalized spacial score (nSPS) is 10.9. The van der Waals surface area contributed by atoms with E-state index in [0.29, 0.717) is 28.8 Å². The number of hydrogen-bond acceptors (Lipinski definition) is 5. The van der Waals surface area contributed by atoms with E-state index < -0.39 is 0 Å². The van der Waals surface area contributed by atoms with Gasteiger partial charge in [0.05, 0.1) is 27.0 Å². The monoisotopic (exact) mass is 370 g/mol. The predicted molar refractivity (Wildman–Crippen MR) is 103 cm³/mol. The van der Waals surface area contributed by atoms with Crippen LogP contribution < -0.4 is 14.9 Å². The van der Waals surface area contributed by atoms with E-state index in [1.807, 2.05) is 54.6 Å². The molecule has 0 fully saturated rings. The first-order valence-electron chi connectivity index (χ1n) is 8.02. The van der Waals surface area contributed by atoms with Gasteiger partial charge >= 0.3 is 0 Å². The molecule has 3 rings (SSSR count). The minimum Gasteiger partial charge on any atom is -0.493 e. The van der Waals surface area contributed by atoms with Gasteiger partial charge in [-0.2, -0.15) is 5.10 Å². The average Bonchev–Trinajstić information content (AvgIpc) is 3.14. The second kappa shape index (κ2) is 8.45. The molecule has 1 heterocycles. The number of nitrogens with zero attached hydrogens (tertiary/aromatic N) is 1. The number of hydrogen-bond donors (Lipinski definition) is 1. The standard InChI is InChI=1S/C20H19ClN2O3/c1-24-19-8-6-14(10-20(19)25-2)12-22-23-13-17-7-9-18(26-17)15-4-3-5-16(21)11-15/h3-11,13,22H,12H2,1-2H3/b23-13-. The number of benzene rings is 2. The van der Waals surface area contributed by atoms with Crippen molar-refractivity contribution >= 4 is 17.8 Å². The minimum absolute atomic E-state index is 0.554. The average molecular weight is 371 g/mol.